The highest BCUT2D eigenvalue weighted by atomic mass is 16.4. The molecule has 0 unspecified atom stereocenters. The van der Waals surface area contributed by atoms with Crippen LogP contribution in [0.5, 0.6) is 0 Å². The maximum atomic E-state index is 11.8. The first-order valence-corrected chi connectivity index (χ1v) is 5.89. The van der Waals surface area contributed by atoms with Crippen LogP contribution in [0.2, 0.25) is 0 Å². The smallest absolute Gasteiger partial charge is 0.306 e. The molecule has 3 N–H and O–H groups in total. The Bertz CT molecular complexity index is 411. The first kappa shape index (κ1) is 12.5. The van der Waals surface area contributed by atoms with Gasteiger partial charge in [0.05, 0.1) is 12.5 Å². The fraction of sp³-hybridized carbons (Fsp3) is 0.700. The lowest BCUT2D eigenvalue weighted by molar-refractivity contribution is -0.144. The predicted molar refractivity (Wildman–Crippen MR) is 59.1 cm³/mol. The van der Waals surface area contributed by atoms with Crippen LogP contribution in [0, 0.1) is 11.8 Å². The Balaban J connectivity index is 1.75. The molecule has 1 aliphatic rings. The van der Waals surface area contributed by atoms with E-state index in [-0.39, 0.29) is 24.3 Å². The summed E-state index contributed by atoms with van der Waals surface area (Å²) in [6, 6.07) is 0. The highest BCUT2D eigenvalue weighted by molar-refractivity contribution is 5.79. The van der Waals surface area contributed by atoms with Gasteiger partial charge in [-0.2, -0.15) is 5.21 Å². The number of carboxylic acids is 1. The maximum Gasteiger partial charge on any atom is 0.306 e. The third kappa shape index (κ3) is 3.02. The lowest BCUT2D eigenvalue weighted by Gasteiger charge is -2.24. The van der Waals surface area contributed by atoms with Crippen molar-refractivity contribution in [2.24, 2.45) is 11.8 Å². The van der Waals surface area contributed by atoms with Crippen molar-refractivity contribution in [3.63, 3.8) is 0 Å². The number of nitrogens with one attached hydrogen (secondary N) is 2. The third-order valence-electron chi connectivity index (χ3n) is 3.26. The number of tetrazole rings is 1. The molecule has 98 valence electrons. The fourth-order valence-electron chi connectivity index (χ4n) is 2.17. The molecule has 0 aromatic carbocycles. The lowest BCUT2D eigenvalue weighted by atomic mass is 9.81. The van der Waals surface area contributed by atoms with E-state index in [0.717, 1.165) is 0 Å². The Morgan fingerprint density at radius 2 is 1.94 bits per heavy atom. The van der Waals surface area contributed by atoms with Crippen molar-refractivity contribution >= 4 is 11.9 Å². The zero-order valence-corrected chi connectivity index (χ0v) is 9.80. The van der Waals surface area contributed by atoms with Gasteiger partial charge in [-0.3, -0.25) is 9.59 Å². The van der Waals surface area contributed by atoms with Gasteiger partial charge in [-0.25, -0.2) is 0 Å². The van der Waals surface area contributed by atoms with Crippen LogP contribution in [0.1, 0.15) is 31.5 Å². The van der Waals surface area contributed by atoms with Crippen molar-refractivity contribution in [2.75, 3.05) is 0 Å². The van der Waals surface area contributed by atoms with Crippen LogP contribution in [-0.4, -0.2) is 37.6 Å². The SMILES string of the molecule is O=C(O)C1CCC(C(=O)NCc2nn[nH]n2)CC1. The van der Waals surface area contributed by atoms with Crippen molar-refractivity contribution in [3.8, 4) is 0 Å². The van der Waals surface area contributed by atoms with E-state index in [4.69, 9.17) is 5.11 Å². The van der Waals surface area contributed by atoms with Crippen molar-refractivity contribution in [3.05, 3.63) is 5.82 Å². The van der Waals surface area contributed by atoms with Crippen LogP contribution in [0.15, 0.2) is 0 Å². The highest BCUT2D eigenvalue weighted by Gasteiger charge is 2.29. The summed E-state index contributed by atoms with van der Waals surface area (Å²) in [5.41, 5.74) is 0. The van der Waals surface area contributed by atoms with E-state index in [1.165, 1.54) is 0 Å². The fourth-order valence-corrected chi connectivity index (χ4v) is 2.17. The summed E-state index contributed by atoms with van der Waals surface area (Å²) in [4.78, 5) is 22.6. The summed E-state index contributed by atoms with van der Waals surface area (Å²) < 4.78 is 0. The number of carboxylic acid groups (broad SMARTS) is 1. The van der Waals surface area contributed by atoms with Gasteiger partial charge in [-0.15, -0.1) is 10.2 Å². The summed E-state index contributed by atoms with van der Waals surface area (Å²) >= 11 is 0. The van der Waals surface area contributed by atoms with E-state index < -0.39 is 5.97 Å². The minimum atomic E-state index is -0.763. The molecule has 0 radical (unpaired) electrons. The summed E-state index contributed by atoms with van der Waals surface area (Å²) in [6.45, 7) is 0.244. The molecule has 2 rings (SSSR count). The molecule has 0 bridgehead atoms. The second-order valence-corrected chi connectivity index (χ2v) is 4.43. The van der Waals surface area contributed by atoms with Crippen molar-refractivity contribution in [1.29, 1.82) is 0 Å². The third-order valence-corrected chi connectivity index (χ3v) is 3.26. The van der Waals surface area contributed by atoms with E-state index >= 15 is 0 Å². The summed E-state index contributed by atoms with van der Waals surface area (Å²) in [6.07, 6.45) is 2.37. The number of aromatic amines is 1. The zero-order chi connectivity index (χ0) is 13.0. The Kier molecular flexibility index (Phi) is 3.85. The van der Waals surface area contributed by atoms with Gasteiger partial charge in [0.25, 0.3) is 0 Å². The molecule has 8 nitrogen and oxygen atoms in total. The summed E-state index contributed by atoms with van der Waals surface area (Å²) in [7, 11) is 0. The first-order chi connectivity index (χ1) is 8.66. The Labute approximate surface area is 103 Å². The van der Waals surface area contributed by atoms with Gasteiger partial charge >= 0.3 is 5.97 Å². The van der Waals surface area contributed by atoms with Gasteiger partial charge < -0.3 is 10.4 Å². The van der Waals surface area contributed by atoms with Crippen molar-refractivity contribution in [2.45, 2.75) is 32.2 Å². The molecule has 18 heavy (non-hydrogen) atoms. The second-order valence-electron chi connectivity index (χ2n) is 4.43. The van der Waals surface area contributed by atoms with Gasteiger partial charge in [0.1, 0.15) is 0 Å². The number of amides is 1. The van der Waals surface area contributed by atoms with E-state index in [9.17, 15) is 9.59 Å². The molecule has 1 heterocycles. The quantitative estimate of drug-likeness (QED) is 0.677. The van der Waals surface area contributed by atoms with E-state index in [1.807, 2.05) is 0 Å². The monoisotopic (exact) mass is 253 g/mol. The number of carbonyl (C=O) groups excluding carboxylic acids is 1. The van der Waals surface area contributed by atoms with E-state index in [0.29, 0.717) is 31.5 Å². The Morgan fingerprint density at radius 1 is 1.28 bits per heavy atom. The van der Waals surface area contributed by atoms with Crippen LogP contribution in [0.25, 0.3) is 0 Å². The molecular weight excluding hydrogens is 238 g/mol. The van der Waals surface area contributed by atoms with Crippen LogP contribution in [-0.2, 0) is 16.1 Å². The number of carbonyl (C=O) groups is 2. The largest absolute Gasteiger partial charge is 0.481 e. The number of H-pyrrole nitrogens is 1. The molecule has 1 fully saturated rings. The van der Waals surface area contributed by atoms with Crippen LogP contribution in [0.4, 0.5) is 0 Å². The molecule has 8 heteroatoms. The molecule has 0 saturated heterocycles. The van der Waals surface area contributed by atoms with Gasteiger partial charge in [0.15, 0.2) is 5.82 Å². The number of rotatable bonds is 4. The molecule has 1 aliphatic carbocycles. The molecule has 1 aromatic heterocycles. The zero-order valence-electron chi connectivity index (χ0n) is 9.80. The number of nitrogens with zero attached hydrogens (tertiary/aromatic N) is 3. The minimum Gasteiger partial charge on any atom is -0.481 e. The molecule has 1 saturated carbocycles. The molecular formula is C10H15N5O3. The van der Waals surface area contributed by atoms with Crippen LogP contribution < -0.4 is 5.32 Å². The second kappa shape index (κ2) is 5.56. The Morgan fingerprint density at radius 3 is 2.50 bits per heavy atom. The average molecular weight is 253 g/mol. The van der Waals surface area contributed by atoms with Gasteiger partial charge in [-0.1, -0.05) is 5.21 Å². The number of hydrogen-bond acceptors (Lipinski definition) is 5. The average Bonchev–Trinajstić information content (AvgIpc) is 2.89. The lowest BCUT2D eigenvalue weighted by Crippen LogP contribution is -2.34. The number of aromatic nitrogens is 4. The molecule has 0 atom stereocenters. The van der Waals surface area contributed by atoms with E-state index in [2.05, 4.69) is 25.9 Å². The summed E-state index contributed by atoms with van der Waals surface area (Å²) in [5.74, 6) is -0.800. The summed E-state index contributed by atoms with van der Waals surface area (Å²) in [5, 5.41) is 24.7. The topological polar surface area (TPSA) is 121 Å². The van der Waals surface area contributed by atoms with Crippen LogP contribution in [0.3, 0.4) is 0 Å². The maximum absolute atomic E-state index is 11.8. The molecule has 0 aliphatic heterocycles. The van der Waals surface area contributed by atoms with Crippen LogP contribution >= 0.6 is 0 Å². The van der Waals surface area contributed by atoms with Gasteiger partial charge in [0, 0.05) is 5.92 Å². The molecule has 0 spiro atoms. The normalized spacial score (nSPS) is 23.6. The number of hydrogen-bond donors (Lipinski definition) is 3. The molecule has 1 aromatic rings. The number of aliphatic carboxylic acids is 1. The first-order valence-electron chi connectivity index (χ1n) is 5.89. The minimum absolute atomic E-state index is 0.0661. The predicted octanol–water partition coefficient (Wildman–Crippen LogP) is -0.293. The standard InChI is InChI=1S/C10H15N5O3/c16-9(11-5-8-12-14-15-13-8)6-1-3-7(4-2-6)10(17)18/h6-7H,1-5H2,(H,11,16)(H,17,18)(H,12,13,14,15). The Hall–Kier alpha value is -1.99. The van der Waals surface area contributed by atoms with Crippen molar-refractivity contribution in [1.82, 2.24) is 25.9 Å². The molecule has 1 amide bonds. The van der Waals surface area contributed by atoms with Gasteiger partial charge in [0.2, 0.25) is 5.91 Å². The van der Waals surface area contributed by atoms with E-state index in [1.54, 1.807) is 0 Å². The van der Waals surface area contributed by atoms with Gasteiger partial charge in [-0.05, 0) is 25.7 Å². The van der Waals surface area contributed by atoms with Crippen molar-refractivity contribution < 1.29 is 14.7 Å². The highest BCUT2D eigenvalue weighted by Crippen LogP contribution is 2.28.